The molecule has 0 bridgehead atoms. The number of aryl methyl sites for hydroxylation is 1. The van der Waals surface area contributed by atoms with E-state index in [1.165, 1.54) is 12.1 Å². The predicted molar refractivity (Wildman–Crippen MR) is 83.4 cm³/mol. The second-order valence-corrected chi connectivity index (χ2v) is 5.54. The van der Waals surface area contributed by atoms with E-state index in [1.807, 2.05) is 0 Å². The van der Waals surface area contributed by atoms with Crippen LogP contribution in [0.15, 0.2) is 24.3 Å². The largest absolute Gasteiger partial charge is 0.339 e. The van der Waals surface area contributed by atoms with Gasteiger partial charge in [-0.25, -0.2) is 14.4 Å². The lowest BCUT2D eigenvalue weighted by Crippen LogP contribution is -2.01. The quantitative estimate of drug-likeness (QED) is 0.613. The van der Waals surface area contributed by atoms with Crippen molar-refractivity contribution in [3.8, 4) is 0 Å². The van der Waals surface area contributed by atoms with Crippen LogP contribution in [0.25, 0.3) is 0 Å². The molecule has 100 valence electrons. The van der Waals surface area contributed by atoms with Crippen molar-refractivity contribution in [2.75, 3.05) is 5.32 Å². The van der Waals surface area contributed by atoms with Crippen LogP contribution >= 0.6 is 34.2 Å². The van der Waals surface area contributed by atoms with Crippen LogP contribution in [0.2, 0.25) is 5.15 Å². The number of halogens is 3. The summed E-state index contributed by atoms with van der Waals surface area (Å²) in [4.78, 5) is 8.53. The van der Waals surface area contributed by atoms with Crippen molar-refractivity contribution >= 4 is 45.7 Å². The van der Waals surface area contributed by atoms with Crippen LogP contribution in [0.5, 0.6) is 0 Å². The Morgan fingerprint density at radius 3 is 2.79 bits per heavy atom. The zero-order chi connectivity index (χ0) is 13.8. The van der Waals surface area contributed by atoms with Gasteiger partial charge < -0.3 is 5.32 Å². The molecule has 1 aromatic carbocycles. The van der Waals surface area contributed by atoms with Crippen LogP contribution in [0.1, 0.15) is 19.2 Å². The molecule has 1 aromatic heterocycles. The van der Waals surface area contributed by atoms with Gasteiger partial charge in [0.15, 0.2) is 0 Å². The second-order valence-electron chi connectivity index (χ2n) is 3.99. The van der Waals surface area contributed by atoms with E-state index < -0.39 is 0 Å². The molecule has 0 aliphatic heterocycles. The Morgan fingerprint density at radius 2 is 2.11 bits per heavy atom. The third kappa shape index (κ3) is 4.01. The average molecular weight is 392 g/mol. The molecular weight excluding hydrogens is 380 g/mol. The molecule has 0 aliphatic carbocycles. The molecule has 0 radical (unpaired) electrons. The Balaban J connectivity index is 2.27. The van der Waals surface area contributed by atoms with Gasteiger partial charge in [0.25, 0.3) is 0 Å². The van der Waals surface area contributed by atoms with E-state index >= 15 is 0 Å². The highest BCUT2D eigenvalue weighted by Gasteiger charge is 2.06. The highest BCUT2D eigenvalue weighted by atomic mass is 127. The summed E-state index contributed by atoms with van der Waals surface area (Å²) in [5.74, 6) is 1.06. The number of hydrogen-bond donors (Lipinski definition) is 1. The number of aromatic nitrogens is 2. The molecule has 0 saturated carbocycles. The number of anilines is 2. The Labute approximate surface area is 129 Å². The number of benzene rings is 1. The van der Waals surface area contributed by atoms with Gasteiger partial charge in [-0.15, -0.1) is 0 Å². The lowest BCUT2D eigenvalue weighted by Gasteiger charge is -2.09. The van der Waals surface area contributed by atoms with Gasteiger partial charge in [0.2, 0.25) is 0 Å². The summed E-state index contributed by atoms with van der Waals surface area (Å²) >= 11 is 8.03. The van der Waals surface area contributed by atoms with Crippen LogP contribution in [0, 0.1) is 9.39 Å². The van der Waals surface area contributed by atoms with E-state index in [0.717, 1.165) is 22.1 Å². The Bertz CT molecular complexity index is 592. The zero-order valence-electron chi connectivity index (χ0n) is 10.3. The second kappa shape index (κ2) is 6.47. The summed E-state index contributed by atoms with van der Waals surface area (Å²) in [5, 5.41) is 3.53. The van der Waals surface area contributed by atoms with Gasteiger partial charge in [0.05, 0.1) is 5.69 Å². The van der Waals surface area contributed by atoms with E-state index in [0.29, 0.717) is 16.8 Å². The van der Waals surface area contributed by atoms with E-state index in [2.05, 4.69) is 44.8 Å². The first-order valence-corrected chi connectivity index (χ1v) is 7.29. The average Bonchev–Trinajstić information content (AvgIpc) is 2.32. The molecule has 0 aliphatic rings. The number of nitrogens with one attached hydrogen (secondary N) is 1. The van der Waals surface area contributed by atoms with Gasteiger partial charge in [0.1, 0.15) is 22.6 Å². The van der Waals surface area contributed by atoms with Crippen LogP contribution in [-0.4, -0.2) is 9.97 Å². The third-order valence-electron chi connectivity index (χ3n) is 2.41. The van der Waals surface area contributed by atoms with Crippen LogP contribution < -0.4 is 5.32 Å². The summed E-state index contributed by atoms with van der Waals surface area (Å²) in [6.07, 6.45) is 1.73. The fraction of sp³-hybridized carbons (Fsp3) is 0.231. The Morgan fingerprint density at radius 1 is 1.32 bits per heavy atom. The van der Waals surface area contributed by atoms with Gasteiger partial charge in [-0.1, -0.05) is 18.5 Å². The molecule has 0 saturated heterocycles. The number of rotatable bonds is 4. The summed E-state index contributed by atoms with van der Waals surface area (Å²) in [6.45, 7) is 2.06. The standard InChI is InChI=1S/C13H12ClFIN3/c1-2-3-12-18-11(14)7-13(19-12)17-10-5-4-8(15)6-9(10)16/h4-7H,2-3H2,1H3,(H,17,18,19). The maximum Gasteiger partial charge on any atom is 0.135 e. The lowest BCUT2D eigenvalue weighted by atomic mass is 10.3. The maximum atomic E-state index is 13.0. The molecule has 1 heterocycles. The van der Waals surface area contributed by atoms with Crippen LogP contribution in [-0.2, 0) is 6.42 Å². The lowest BCUT2D eigenvalue weighted by molar-refractivity contribution is 0.627. The zero-order valence-corrected chi connectivity index (χ0v) is 13.2. The van der Waals surface area contributed by atoms with Crippen molar-refractivity contribution in [3.63, 3.8) is 0 Å². The molecule has 19 heavy (non-hydrogen) atoms. The SMILES string of the molecule is CCCc1nc(Cl)cc(Nc2ccc(F)cc2I)n1. The van der Waals surface area contributed by atoms with Crippen molar-refractivity contribution in [2.45, 2.75) is 19.8 Å². The minimum absolute atomic E-state index is 0.262. The van der Waals surface area contributed by atoms with E-state index in [-0.39, 0.29) is 5.82 Å². The van der Waals surface area contributed by atoms with E-state index in [1.54, 1.807) is 12.1 Å². The third-order valence-corrected chi connectivity index (χ3v) is 3.49. The van der Waals surface area contributed by atoms with Gasteiger partial charge in [-0.05, 0) is 47.2 Å². The highest BCUT2D eigenvalue weighted by molar-refractivity contribution is 14.1. The van der Waals surface area contributed by atoms with Crippen molar-refractivity contribution < 1.29 is 4.39 Å². The molecule has 3 nitrogen and oxygen atoms in total. The molecule has 0 unspecified atom stereocenters. The molecule has 2 aromatic rings. The molecule has 0 spiro atoms. The van der Waals surface area contributed by atoms with Gasteiger partial charge in [0, 0.05) is 16.1 Å². The minimum atomic E-state index is -0.262. The predicted octanol–water partition coefficient (Wildman–Crippen LogP) is 4.57. The van der Waals surface area contributed by atoms with Crippen LogP contribution in [0.4, 0.5) is 15.9 Å². The summed E-state index contributed by atoms with van der Waals surface area (Å²) in [6, 6.07) is 6.19. The minimum Gasteiger partial charge on any atom is -0.339 e. The highest BCUT2D eigenvalue weighted by Crippen LogP contribution is 2.23. The fourth-order valence-electron chi connectivity index (χ4n) is 1.59. The molecule has 2 rings (SSSR count). The maximum absolute atomic E-state index is 13.0. The number of hydrogen-bond acceptors (Lipinski definition) is 3. The summed E-state index contributed by atoms with van der Waals surface area (Å²) < 4.78 is 13.8. The summed E-state index contributed by atoms with van der Waals surface area (Å²) in [7, 11) is 0. The van der Waals surface area contributed by atoms with Crippen LogP contribution in [0.3, 0.4) is 0 Å². The van der Waals surface area contributed by atoms with Crippen molar-refractivity contribution in [3.05, 3.63) is 44.6 Å². The van der Waals surface area contributed by atoms with Crippen molar-refractivity contribution in [1.82, 2.24) is 9.97 Å². The summed E-state index contributed by atoms with van der Waals surface area (Å²) in [5.41, 5.74) is 0.791. The first-order chi connectivity index (χ1) is 9.08. The first-order valence-electron chi connectivity index (χ1n) is 5.84. The first kappa shape index (κ1) is 14.5. The Kier molecular flexibility index (Phi) is 4.93. The smallest absolute Gasteiger partial charge is 0.135 e. The fourth-order valence-corrected chi connectivity index (χ4v) is 2.41. The van der Waals surface area contributed by atoms with Crippen molar-refractivity contribution in [2.24, 2.45) is 0 Å². The molecule has 1 N–H and O–H groups in total. The molecular formula is C13H12ClFIN3. The van der Waals surface area contributed by atoms with E-state index in [4.69, 9.17) is 11.6 Å². The van der Waals surface area contributed by atoms with Gasteiger partial charge in [-0.3, -0.25) is 0 Å². The van der Waals surface area contributed by atoms with Crippen molar-refractivity contribution in [1.29, 1.82) is 0 Å². The topological polar surface area (TPSA) is 37.8 Å². The monoisotopic (exact) mass is 391 g/mol. The molecule has 0 fully saturated rings. The molecule has 0 amide bonds. The normalized spacial score (nSPS) is 10.5. The molecule has 6 heteroatoms. The van der Waals surface area contributed by atoms with Gasteiger partial charge >= 0.3 is 0 Å². The van der Waals surface area contributed by atoms with Gasteiger partial charge in [-0.2, -0.15) is 0 Å². The Hall–Kier alpha value is -0.950. The number of nitrogens with zero attached hydrogens (tertiary/aromatic N) is 2. The molecule has 0 atom stereocenters. The van der Waals surface area contributed by atoms with E-state index in [9.17, 15) is 4.39 Å².